The third-order valence-corrected chi connectivity index (χ3v) is 9.46. The Morgan fingerprint density at radius 1 is 0.780 bits per heavy atom. The van der Waals surface area contributed by atoms with Crippen LogP contribution in [0, 0.1) is 12.1 Å². The number of rotatable bonds is 12. The fraction of sp³-hybridized carbons (Fsp3) is 0.256. The molecular weight excluding hydrogens is 800 g/mol. The minimum Gasteiger partial charge on any atom is -0.509 e. The van der Waals surface area contributed by atoms with Crippen LogP contribution >= 0.6 is 0 Å². The second kappa shape index (κ2) is 15.5. The molecule has 0 aliphatic rings. The molecule has 0 aliphatic carbocycles. The molecule has 0 saturated heterocycles. The van der Waals surface area contributed by atoms with Gasteiger partial charge >= 0.3 is 21.1 Å². The smallest absolute Gasteiger partial charge is 0.509 e. The van der Waals surface area contributed by atoms with E-state index in [-0.39, 0.29) is 21.1 Å². The predicted octanol–water partition coefficient (Wildman–Crippen LogP) is 11.2. The zero-order valence-electron chi connectivity index (χ0n) is 29.2. The van der Waals surface area contributed by atoms with Crippen molar-refractivity contribution in [1.82, 2.24) is 19.3 Å². The summed E-state index contributed by atoms with van der Waals surface area (Å²) in [5, 5.41) is 7.01. The van der Waals surface area contributed by atoms with Gasteiger partial charge in [0.1, 0.15) is 11.6 Å². The maximum atomic E-state index is 6.42. The topological polar surface area (TPSA) is 54.1 Å². The summed E-state index contributed by atoms with van der Waals surface area (Å²) in [6.07, 6.45) is 10.5. The minimum atomic E-state index is 0. The van der Waals surface area contributed by atoms with Crippen LogP contribution < -0.4 is 9.47 Å². The van der Waals surface area contributed by atoms with Crippen LogP contribution in [0.15, 0.2) is 104 Å². The standard InChI is InChI=1S/C43H42N4O2.Pt/c1-6-12-29(3)36-17-11-18-37(30(4)13-7-2)43(36)31-27-45-46(28-31)32-14-10-15-34(24-32)49-35-20-21-39-38-16-8-9-19-40(38)47(41(39)25-35)42-26-33(48-5)22-23-44-42;/h8-11,14-23,26-30H,6-7,12-13H2,1-5H3;/q-2;+2. The number of aromatic nitrogens is 4. The van der Waals surface area contributed by atoms with Crippen molar-refractivity contribution in [1.29, 1.82) is 0 Å². The van der Waals surface area contributed by atoms with E-state index in [1.807, 2.05) is 59.4 Å². The Kier molecular flexibility index (Phi) is 10.9. The molecule has 0 amide bonds. The van der Waals surface area contributed by atoms with Crippen molar-refractivity contribution in [2.75, 3.05) is 7.11 Å². The molecule has 0 spiro atoms. The fourth-order valence-corrected chi connectivity index (χ4v) is 7.07. The van der Waals surface area contributed by atoms with E-state index in [0.717, 1.165) is 70.3 Å². The maximum Gasteiger partial charge on any atom is 2.00 e. The van der Waals surface area contributed by atoms with E-state index in [2.05, 4.69) is 92.0 Å². The molecule has 7 heteroatoms. The van der Waals surface area contributed by atoms with Gasteiger partial charge in [-0.2, -0.15) is 17.2 Å². The SMILES string of the molecule is CCCC(C)c1cccc(C(C)CCC)c1-c1cnn(-c2[c-]c(Oc3[c-]c4c(cc3)c3ccccc3n4-c3cc(OC)ccn3)ccc2)c1.[Pt+2]. The third-order valence-electron chi connectivity index (χ3n) is 9.46. The minimum absolute atomic E-state index is 0. The number of nitrogens with zero attached hydrogens (tertiary/aromatic N) is 4. The van der Waals surface area contributed by atoms with Gasteiger partial charge in [0.15, 0.2) is 0 Å². The molecule has 0 N–H and O–H groups in total. The van der Waals surface area contributed by atoms with E-state index in [4.69, 9.17) is 14.6 Å². The van der Waals surface area contributed by atoms with E-state index < -0.39 is 0 Å². The number of ether oxygens (including phenoxy) is 2. The van der Waals surface area contributed by atoms with Crippen LogP contribution in [0.2, 0.25) is 0 Å². The molecule has 3 heterocycles. The molecule has 6 nitrogen and oxygen atoms in total. The first-order valence-electron chi connectivity index (χ1n) is 17.3. The molecule has 2 atom stereocenters. The van der Waals surface area contributed by atoms with Gasteiger partial charge in [-0.15, -0.1) is 35.7 Å². The fourth-order valence-electron chi connectivity index (χ4n) is 7.07. The first-order valence-corrected chi connectivity index (χ1v) is 17.3. The largest absolute Gasteiger partial charge is 2.00 e. The number of fused-ring (bicyclic) bond motifs is 3. The van der Waals surface area contributed by atoms with Crippen molar-refractivity contribution in [3.63, 3.8) is 0 Å². The number of methoxy groups -OCH3 is 1. The van der Waals surface area contributed by atoms with Crippen LogP contribution in [0.25, 0.3) is 44.4 Å². The Labute approximate surface area is 309 Å². The Bertz CT molecular complexity index is 2210. The first-order chi connectivity index (χ1) is 24.0. The van der Waals surface area contributed by atoms with Crippen molar-refractivity contribution in [3.05, 3.63) is 127 Å². The number of hydrogen-bond acceptors (Lipinski definition) is 4. The summed E-state index contributed by atoms with van der Waals surface area (Å²) in [5.41, 5.74) is 7.97. The molecule has 7 rings (SSSR count). The van der Waals surface area contributed by atoms with Crippen molar-refractivity contribution in [2.24, 2.45) is 0 Å². The van der Waals surface area contributed by atoms with E-state index in [9.17, 15) is 0 Å². The molecule has 0 fully saturated rings. The number of benzene rings is 4. The molecule has 0 saturated carbocycles. The van der Waals surface area contributed by atoms with Gasteiger partial charge in [-0.3, -0.25) is 4.68 Å². The molecule has 0 bridgehead atoms. The van der Waals surface area contributed by atoms with Gasteiger partial charge in [0.2, 0.25) is 0 Å². The van der Waals surface area contributed by atoms with Gasteiger partial charge in [-0.25, -0.2) is 4.98 Å². The zero-order chi connectivity index (χ0) is 33.9. The Hall–Kier alpha value is -4.67. The van der Waals surface area contributed by atoms with Crippen molar-refractivity contribution >= 4 is 21.8 Å². The number of para-hydroxylation sites is 1. The average Bonchev–Trinajstić information content (AvgIpc) is 3.75. The number of hydrogen-bond donors (Lipinski definition) is 0. The molecule has 7 aromatic rings. The van der Waals surface area contributed by atoms with Crippen molar-refractivity contribution in [2.45, 2.75) is 65.2 Å². The predicted molar refractivity (Wildman–Crippen MR) is 199 cm³/mol. The summed E-state index contributed by atoms with van der Waals surface area (Å²) in [6, 6.07) is 35.8. The molecule has 0 aliphatic heterocycles. The van der Waals surface area contributed by atoms with Gasteiger partial charge in [-0.05, 0) is 64.6 Å². The van der Waals surface area contributed by atoms with E-state index >= 15 is 0 Å². The summed E-state index contributed by atoms with van der Waals surface area (Å²) >= 11 is 0. The summed E-state index contributed by atoms with van der Waals surface area (Å²) in [6.45, 7) is 9.21. The van der Waals surface area contributed by atoms with Gasteiger partial charge < -0.3 is 14.0 Å². The van der Waals surface area contributed by atoms with Crippen LogP contribution in [0.3, 0.4) is 0 Å². The van der Waals surface area contributed by atoms with Crippen LogP contribution in [0.4, 0.5) is 0 Å². The quantitative estimate of drug-likeness (QED) is 0.115. The second-order valence-electron chi connectivity index (χ2n) is 12.9. The molecule has 3 aromatic heterocycles. The van der Waals surface area contributed by atoms with Crippen LogP contribution in [0.5, 0.6) is 17.2 Å². The first kappa shape index (κ1) is 35.2. The Balaban J connectivity index is 0.00000432. The average molecular weight is 842 g/mol. The Morgan fingerprint density at radius 3 is 2.24 bits per heavy atom. The van der Waals surface area contributed by atoms with E-state index in [0.29, 0.717) is 23.3 Å². The van der Waals surface area contributed by atoms with Gasteiger partial charge in [0.05, 0.1) is 13.3 Å². The zero-order valence-corrected chi connectivity index (χ0v) is 31.5. The molecule has 4 aromatic carbocycles. The maximum absolute atomic E-state index is 6.42. The normalized spacial score (nSPS) is 12.5. The monoisotopic (exact) mass is 841 g/mol. The summed E-state index contributed by atoms with van der Waals surface area (Å²) < 4.78 is 15.9. The molecule has 2 unspecified atom stereocenters. The van der Waals surface area contributed by atoms with Crippen molar-refractivity contribution in [3.8, 4) is 39.9 Å². The Morgan fingerprint density at radius 2 is 1.50 bits per heavy atom. The van der Waals surface area contributed by atoms with Crippen LogP contribution in [0.1, 0.15) is 76.3 Å². The summed E-state index contributed by atoms with van der Waals surface area (Å²) in [7, 11) is 1.66. The second-order valence-corrected chi connectivity index (χ2v) is 12.9. The van der Waals surface area contributed by atoms with Crippen molar-refractivity contribution < 1.29 is 30.5 Å². The van der Waals surface area contributed by atoms with Gasteiger partial charge in [-0.1, -0.05) is 82.5 Å². The number of pyridine rings is 1. The third kappa shape index (κ3) is 6.87. The molecule has 256 valence electrons. The van der Waals surface area contributed by atoms with Gasteiger partial charge in [0, 0.05) is 41.0 Å². The molecule has 0 radical (unpaired) electrons. The van der Waals surface area contributed by atoms with Gasteiger partial charge in [0.25, 0.3) is 0 Å². The van der Waals surface area contributed by atoms with Crippen LogP contribution in [-0.2, 0) is 21.1 Å². The summed E-state index contributed by atoms with van der Waals surface area (Å²) in [5.74, 6) is 3.59. The van der Waals surface area contributed by atoms with Crippen LogP contribution in [-0.4, -0.2) is 26.4 Å². The molecular formula is C43H42N4O2Pt. The van der Waals surface area contributed by atoms with E-state index in [1.165, 1.54) is 16.7 Å². The molecule has 50 heavy (non-hydrogen) atoms. The van der Waals surface area contributed by atoms with E-state index in [1.54, 1.807) is 13.3 Å². The summed E-state index contributed by atoms with van der Waals surface area (Å²) in [4.78, 5) is 4.67.